The Morgan fingerprint density at radius 3 is 2.20 bits per heavy atom. The van der Waals surface area contributed by atoms with Crippen molar-refractivity contribution in [1.29, 1.82) is 0 Å². The van der Waals surface area contributed by atoms with Gasteiger partial charge in [0.05, 0.1) is 6.61 Å². The third kappa shape index (κ3) is 4.99. The first-order valence-electron chi connectivity index (χ1n) is 7.98. The van der Waals surface area contributed by atoms with E-state index in [4.69, 9.17) is 4.74 Å². The molecule has 0 radical (unpaired) electrons. The first-order chi connectivity index (χ1) is 9.41. The molecule has 0 aromatic rings. The molecule has 1 aliphatic rings. The maximum Gasteiger partial charge on any atom is 0.0630 e. The second-order valence-electron chi connectivity index (χ2n) is 7.05. The monoisotopic (exact) mass is 285 g/mol. The summed E-state index contributed by atoms with van der Waals surface area (Å²) in [7, 11) is 8.48. The number of ether oxygens (including phenoxy) is 1. The van der Waals surface area contributed by atoms with Crippen molar-refractivity contribution in [3.05, 3.63) is 0 Å². The normalized spacial score (nSPS) is 19.6. The minimum atomic E-state index is 0.388. The fourth-order valence-electron chi connectivity index (χ4n) is 3.00. The molecule has 1 N–H and O–H groups in total. The SMILES string of the molecule is COCC(CNCC(C)C)N(C)CC1(N(C)C)CCC1. The van der Waals surface area contributed by atoms with E-state index in [0.717, 1.165) is 26.2 Å². The molecule has 120 valence electrons. The van der Waals surface area contributed by atoms with Gasteiger partial charge >= 0.3 is 0 Å². The Morgan fingerprint density at radius 1 is 1.15 bits per heavy atom. The van der Waals surface area contributed by atoms with Gasteiger partial charge in [-0.05, 0) is 52.9 Å². The summed E-state index contributed by atoms with van der Waals surface area (Å²) in [6.07, 6.45) is 4.01. The molecular formula is C16H35N3O. The van der Waals surface area contributed by atoms with Crippen LogP contribution in [0.25, 0.3) is 0 Å². The average Bonchev–Trinajstić information content (AvgIpc) is 2.31. The van der Waals surface area contributed by atoms with Crippen LogP contribution < -0.4 is 5.32 Å². The van der Waals surface area contributed by atoms with Gasteiger partial charge in [0.2, 0.25) is 0 Å². The zero-order valence-electron chi connectivity index (χ0n) is 14.4. The average molecular weight is 285 g/mol. The molecule has 1 aliphatic carbocycles. The molecule has 0 saturated heterocycles. The molecule has 4 nitrogen and oxygen atoms in total. The van der Waals surface area contributed by atoms with Crippen molar-refractivity contribution in [2.24, 2.45) is 5.92 Å². The summed E-state index contributed by atoms with van der Waals surface area (Å²) in [5.74, 6) is 0.697. The maximum atomic E-state index is 5.41. The number of methoxy groups -OCH3 is 1. The summed E-state index contributed by atoms with van der Waals surface area (Å²) in [6, 6.07) is 0.455. The summed E-state index contributed by atoms with van der Waals surface area (Å²) >= 11 is 0. The van der Waals surface area contributed by atoms with Crippen LogP contribution in [0.1, 0.15) is 33.1 Å². The van der Waals surface area contributed by atoms with Crippen molar-refractivity contribution < 1.29 is 4.74 Å². The predicted octanol–water partition coefficient (Wildman–Crippen LogP) is 1.66. The van der Waals surface area contributed by atoms with Crippen molar-refractivity contribution in [1.82, 2.24) is 15.1 Å². The van der Waals surface area contributed by atoms with Gasteiger partial charge in [-0.15, -0.1) is 0 Å². The van der Waals surface area contributed by atoms with E-state index in [0.29, 0.717) is 17.5 Å². The van der Waals surface area contributed by atoms with Gasteiger partial charge in [0.25, 0.3) is 0 Å². The third-order valence-corrected chi connectivity index (χ3v) is 4.69. The summed E-state index contributed by atoms with van der Waals surface area (Å²) in [5.41, 5.74) is 0.388. The van der Waals surface area contributed by atoms with E-state index in [1.54, 1.807) is 7.11 Å². The summed E-state index contributed by atoms with van der Waals surface area (Å²) in [6.45, 7) is 8.51. The minimum Gasteiger partial charge on any atom is -0.383 e. The van der Waals surface area contributed by atoms with E-state index in [1.165, 1.54) is 19.3 Å². The molecule has 0 amide bonds. The number of nitrogens with one attached hydrogen (secondary N) is 1. The highest BCUT2D eigenvalue weighted by molar-refractivity contribution is 4.98. The highest BCUT2D eigenvalue weighted by atomic mass is 16.5. The molecule has 1 rings (SSSR count). The number of nitrogens with zero attached hydrogens (tertiary/aromatic N) is 2. The van der Waals surface area contributed by atoms with Gasteiger partial charge in [-0.2, -0.15) is 0 Å². The lowest BCUT2D eigenvalue weighted by atomic mass is 9.75. The van der Waals surface area contributed by atoms with Crippen LogP contribution in [-0.2, 0) is 4.74 Å². The molecule has 0 bridgehead atoms. The van der Waals surface area contributed by atoms with Gasteiger partial charge in [-0.1, -0.05) is 13.8 Å². The molecule has 0 aromatic heterocycles. The largest absolute Gasteiger partial charge is 0.383 e. The molecule has 1 unspecified atom stereocenters. The van der Waals surface area contributed by atoms with Crippen LogP contribution in [-0.4, -0.2) is 75.9 Å². The molecule has 1 saturated carbocycles. The zero-order chi connectivity index (χ0) is 15.2. The lowest BCUT2D eigenvalue weighted by Crippen LogP contribution is -2.59. The van der Waals surface area contributed by atoms with Crippen molar-refractivity contribution >= 4 is 0 Å². The van der Waals surface area contributed by atoms with Gasteiger partial charge in [-0.3, -0.25) is 4.90 Å². The molecule has 20 heavy (non-hydrogen) atoms. The van der Waals surface area contributed by atoms with E-state index in [2.05, 4.69) is 50.1 Å². The van der Waals surface area contributed by atoms with Crippen molar-refractivity contribution in [2.45, 2.75) is 44.7 Å². The molecule has 0 heterocycles. The van der Waals surface area contributed by atoms with Crippen molar-refractivity contribution in [3.8, 4) is 0 Å². The number of hydrogen-bond acceptors (Lipinski definition) is 4. The Labute approximate surface area is 125 Å². The van der Waals surface area contributed by atoms with Crippen molar-refractivity contribution in [2.75, 3.05) is 54.5 Å². The third-order valence-electron chi connectivity index (χ3n) is 4.69. The van der Waals surface area contributed by atoms with Gasteiger partial charge in [0.15, 0.2) is 0 Å². The van der Waals surface area contributed by atoms with Crippen LogP contribution in [0.3, 0.4) is 0 Å². The van der Waals surface area contributed by atoms with E-state index >= 15 is 0 Å². The van der Waals surface area contributed by atoms with Crippen LogP contribution in [0.4, 0.5) is 0 Å². The Morgan fingerprint density at radius 2 is 1.80 bits per heavy atom. The highest BCUT2D eigenvalue weighted by Crippen LogP contribution is 2.36. The van der Waals surface area contributed by atoms with Gasteiger partial charge in [-0.25, -0.2) is 0 Å². The molecule has 1 fully saturated rings. The zero-order valence-corrected chi connectivity index (χ0v) is 14.4. The molecule has 0 aliphatic heterocycles. The molecule has 0 spiro atoms. The van der Waals surface area contributed by atoms with E-state index in [1.807, 2.05) is 0 Å². The summed E-state index contributed by atoms with van der Waals surface area (Å²) < 4.78 is 5.41. The van der Waals surface area contributed by atoms with Gasteiger partial charge in [0.1, 0.15) is 0 Å². The first-order valence-corrected chi connectivity index (χ1v) is 7.98. The van der Waals surface area contributed by atoms with Crippen LogP contribution in [0, 0.1) is 5.92 Å². The second-order valence-corrected chi connectivity index (χ2v) is 7.05. The molecule has 0 aromatic carbocycles. The van der Waals surface area contributed by atoms with E-state index in [-0.39, 0.29) is 0 Å². The lowest BCUT2D eigenvalue weighted by molar-refractivity contribution is 0.00339. The topological polar surface area (TPSA) is 27.7 Å². The smallest absolute Gasteiger partial charge is 0.0630 e. The fourth-order valence-corrected chi connectivity index (χ4v) is 3.00. The van der Waals surface area contributed by atoms with Gasteiger partial charge < -0.3 is 15.0 Å². The maximum absolute atomic E-state index is 5.41. The number of hydrogen-bond donors (Lipinski definition) is 1. The molecule has 1 atom stereocenters. The first kappa shape index (κ1) is 17.9. The Hall–Kier alpha value is -0.160. The second kappa shape index (κ2) is 8.32. The van der Waals surface area contributed by atoms with Crippen LogP contribution in [0.2, 0.25) is 0 Å². The standard InChI is InChI=1S/C16H35N3O/c1-14(2)10-17-11-15(12-20-6)19(5)13-16(18(3)4)8-7-9-16/h14-15,17H,7-13H2,1-6H3. The Bertz CT molecular complexity index is 264. The van der Waals surface area contributed by atoms with E-state index in [9.17, 15) is 0 Å². The summed E-state index contributed by atoms with van der Waals surface area (Å²) in [4.78, 5) is 4.90. The van der Waals surface area contributed by atoms with Gasteiger partial charge in [0, 0.05) is 31.8 Å². The van der Waals surface area contributed by atoms with Crippen LogP contribution >= 0.6 is 0 Å². The predicted molar refractivity (Wildman–Crippen MR) is 86.3 cm³/mol. The molecular weight excluding hydrogens is 250 g/mol. The molecule has 4 heteroatoms. The van der Waals surface area contributed by atoms with Crippen molar-refractivity contribution in [3.63, 3.8) is 0 Å². The summed E-state index contributed by atoms with van der Waals surface area (Å²) in [5, 5.41) is 3.57. The highest BCUT2D eigenvalue weighted by Gasteiger charge is 2.40. The lowest BCUT2D eigenvalue weighted by Gasteiger charge is -2.50. The Kier molecular flexibility index (Phi) is 7.45. The minimum absolute atomic E-state index is 0.388. The fraction of sp³-hybridized carbons (Fsp3) is 1.00. The van der Waals surface area contributed by atoms with E-state index < -0.39 is 0 Å². The number of rotatable bonds is 10. The van der Waals surface area contributed by atoms with Crippen LogP contribution in [0.15, 0.2) is 0 Å². The number of likely N-dealkylation sites (N-methyl/N-ethyl adjacent to an activating group) is 2. The quantitative estimate of drug-likeness (QED) is 0.661. The Balaban J connectivity index is 2.48. The van der Waals surface area contributed by atoms with Crippen LogP contribution in [0.5, 0.6) is 0 Å².